The van der Waals surface area contributed by atoms with Crippen molar-refractivity contribution in [1.29, 1.82) is 0 Å². The summed E-state index contributed by atoms with van der Waals surface area (Å²) in [6.07, 6.45) is 16.9. The van der Waals surface area contributed by atoms with Crippen LogP contribution in [0.5, 0.6) is 17.2 Å². The van der Waals surface area contributed by atoms with E-state index in [0.717, 1.165) is 39.0 Å². The molecule has 1 N–H and O–H groups in total. The van der Waals surface area contributed by atoms with Crippen molar-refractivity contribution < 1.29 is 19.0 Å². The molecule has 2 aliphatic rings. The smallest absolute Gasteiger partial charge is 0.244 e. The molecule has 0 unspecified atom stereocenters. The molecule has 0 saturated carbocycles. The maximum Gasteiger partial charge on any atom is 0.244 e. The number of rotatable bonds is 12. The van der Waals surface area contributed by atoms with Crippen LogP contribution in [0, 0.1) is 5.41 Å². The normalized spacial score (nSPS) is 17.3. The van der Waals surface area contributed by atoms with Crippen LogP contribution in [0.4, 0.5) is 0 Å². The van der Waals surface area contributed by atoms with E-state index in [1.807, 2.05) is 55.5 Å². The molecule has 278 valence electrons. The molecule has 0 radical (unpaired) electrons. The van der Waals surface area contributed by atoms with Crippen molar-refractivity contribution in [2.24, 2.45) is 5.41 Å². The highest BCUT2D eigenvalue weighted by Crippen LogP contribution is 2.50. The third-order valence-electron chi connectivity index (χ3n) is 10.2. The lowest BCUT2D eigenvalue weighted by molar-refractivity contribution is -0.117. The van der Waals surface area contributed by atoms with Crippen LogP contribution < -0.4 is 25.0 Å². The predicted molar refractivity (Wildman–Crippen MR) is 219 cm³/mol. The van der Waals surface area contributed by atoms with E-state index in [0.29, 0.717) is 40.7 Å². The highest BCUT2D eigenvalue weighted by Gasteiger charge is 2.30. The third-order valence-corrected chi connectivity index (χ3v) is 11.3. The van der Waals surface area contributed by atoms with E-state index < -0.39 is 6.04 Å². The van der Waals surface area contributed by atoms with E-state index >= 15 is 0 Å². The maximum absolute atomic E-state index is 13.8. The first-order chi connectivity index (χ1) is 25.4. The van der Waals surface area contributed by atoms with Crippen molar-refractivity contribution in [2.45, 2.75) is 83.4 Å². The number of methoxy groups -OCH3 is 3. The van der Waals surface area contributed by atoms with Gasteiger partial charge in [-0.2, -0.15) is 0 Å². The Balaban J connectivity index is 1.44. The molecule has 3 aromatic rings. The lowest BCUT2D eigenvalue weighted by Gasteiger charge is -2.32. The number of amides is 1. The molecule has 1 atom stereocenters. The van der Waals surface area contributed by atoms with Crippen LogP contribution in [0.25, 0.3) is 11.1 Å². The predicted octanol–water partition coefficient (Wildman–Crippen LogP) is 10.7. The number of allylic oxidation sites excluding steroid dienone is 9. The highest BCUT2D eigenvalue weighted by atomic mass is 32.2. The number of carbonyl (C=O) groups is 1. The van der Waals surface area contributed by atoms with Gasteiger partial charge in [0.25, 0.3) is 0 Å². The van der Waals surface area contributed by atoms with Crippen molar-refractivity contribution >= 4 is 17.7 Å². The van der Waals surface area contributed by atoms with Crippen LogP contribution in [-0.2, 0) is 17.0 Å². The van der Waals surface area contributed by atoms with Crippen molar-refractivity contribution in [1.82, 2.24) is 5.32 Å². The van der Waals surface area contributed by atoms with Crippen LogP contribution in [0.2, 0.25) is 0 Å². The van der Waals surface area contributed by atoms with Gasteiger partial charge in [-0.3, -0.25) is 9.59 Å². The van der Waals surface area contributed by atoms with Crippen LogP contribution in [0.15, 0.2) is 123 Å². The number of benzene rings is 2. The zero-order valence-electron chi connectivity index (χ0n) is 32.4. The average molecular weight is 732 g/mol. The number of nitrogens with one attached hydrogen (secondary N) is 1. The van der Waals surface area contributed by atoms with Gasteiger partial charge in [0, 0.05) is 17.4 Å². The molecule has 0 fully saturated rings. The molecule has 0 aromatic heterocycles. The van der Waals surface area contributed by atoms with Gasteiger partial charge >= 0.3 is 0 Å². The van der Waals surface area contributed by atoms with E-state index in [1.165, 1.54) is 42.2 Å². The number of aryl methyl sites for hydroxylation is 1. The molecule has 7 heteroatoms. The molecular weight excluding hydrogens is 679 g/mol. The Kier molecular flexibility index (Phi) is 13.3. The minimum absolute atomic E-state index is 0.0984. The lowest BCUT2D eigenvalue weighted by Crippen LogP contribution is -2.27. The second-order valence-corrected chi connectivity index (χ2v) is 15.6. The SMILES string of the molecule is COc1cc2c(c(OC)c1OC)-c1ccc(SCc3ccccc3)c(=O)cc1[C@@H](NC(=O)/C=C(C)/C=C/C=C(C)/C=C/C1=C(C)CCCC1(C)C)CC2. The Morgan fingerprint density at radius 1 is 0.943 bits per heavy atom. The van der Waals surface area contributed by atoms with Gasteiger partial charge in [0.2, 0.25) is 11.7 Å². The number of ether oxygens (including phenoxy) is 3. The van der Waals surface area contributed by atoms with Crippen LogP contribution in [0.1, 0.15) is 83.0 Å². The number of hydrogen-bond acceptors (Lipinski definition) is 6. The first kappa shape index (κ1) is 39.5. The maximum atomic E-state index is 13.8. The zero-order chi connectivity index (χ0) is 38.1. The van der Waals surface area contributed by atoms with Crippen molar-refractivity contribution in [3.63, 3.8) is 0 Å². The number of fused-ring (bicyclic) bond motifs is 3. The number of hydrogen-bond donors (Lipinski definition) is 1. The Hall–Kier alpha value is -4.75. The van der Waals surface area contributed by atoms with Crippen LogP contribution in [-0.4, -0.2) is 27.2 Å². The van der Waals surface area contributed by atoms with E-state index in [-0.39, 0.29) is 16.8 Å². The van der Waals surface area contributed by atoms with Crippen molar-refractivity contribution in [3.8, 4) is 28.4 Å². The van der Waals surface area contributed by atoms with E-state index in [9.17, 15) is 9.59 Å². The summed E-state index contributed by atoms with van der Waals surface area (Å²) >= 11 is 1.50. The van der Waals surface area contributed by atoms with Gasteiger partial charge in [0.05, 0.1) is 32.3 Å². The van der Waals surface area contributed by atoms with Gasteiger partial charge in [0.1, 0.15) is 0 Å². The molecule has 53 heavy (non-hydrogen) atoms. The van der Waals surface area contributed by atoms with Gasteiger partial charge in [-0.1, -0.05) is 91.8 Å². The Labute approximate surface area is 319 Å². The summed E-state index contributed by atoms with van der Waals surface area (Å²) < 4.78 is 17.4. The van der Waals surface area contributed by atoms with Gasteiger partial charge in [-0.05, 0) is 110 Å². The summed E-state index contributed by atoms with van der Waals surface area (Å²) in [6.45, 7) is 10.9. The molecule has 0 spiro atoms. The Morgan fingerprint density at radius 3 is 2.40 bits per heavy atom. The Bertz CT molecular complexity index is 2040. The minimum Gasteiger partial charge on any atom is -0.493 e. The van der Waals surface area contributed by atoms with Gasteiger partial charge in [0.15, 0.2) is 16.9 Å². The minimum atomic E-state index is -0.430. The Morgan fingerprint density at radius 2 is 1.70 bits per heavy atom. The molecule has 0 saturated heterocycles. The molecule has 2 aliphatic carbocycles. The van der Waals surface area contributed by atoms with Crippen LogP contribution in [0.3, 0.4) is 0 Å². The topological polar surface area (TPSA) is 73.9 Å². The summed E-state index contributed by atoms with van der Waals surface area (Å²) in [5, 5.41) is 3.23. The van der Waals surface area contributed by atoms with Gasteiger partial charge < -0.3 is 19.5 Å². The fourth-order valence-electron chi connectivity index (χ4n) is 7.40. The van der Waals surface area contributed by atoms with Crippen LogP contribution >= 0.6 is 11.8 Å². The zero-order valence-corrected chi connectivity index (χ0v) is 33.2. The van der Waals surface area contributed by atoms with Crippen molar-refractivity contribution in [2.75, 3.05) is 21.3 Å². The number of thioether (sulfide) groups is 1. The fraction of sp³-hybridized carbons (Fsp3) is 0.348. The standard InChI is InChI=1S/C46H53NO5S/c1-30(19-22-37-32(3)16-13-25-46(37,4)5)14-12-15-31(2)26-42(49)47-38-23-20-34-27-40(50-6)44(51-7)45(52-8)43(34)35-21-24-41(39(48)28-36(35)38)53-29-33-17-10-9-11-18-33/h9-12,14-15,17-19,21-22,24,26-28,38H,13,16,20,23,25,29H2,1-8H3,(H,47,49)/b15-12+,22-19+,30-14+,31-26+/t38-/m0/s1. The average Bonchev–Trinajstić information content (AvgIpc) is 3.37. The molecule has 0 aliphatic heterocycles. The second-order valence-electron chi connectivity index (χ2n) is 14.6. The molecule has 6 nitrogen and oxygen atoms in total. The summed E-state index contributed by atoms with van der Waals surface area (Å²) in [5.74, 6) is 2.00. The summed E-state index contributed by atoms with van der Waals surface area (Å²) in [6, 6.07) is 17.2. The van der Waals surface area contributed by atoms with E-state index in [2.05, 4.69) is 63.4 Å². The molecule has 0 heterocycles. The molecular formula is C46H53NO5S. The summed E-state index contributed by atoms with van der Waals surface area (Å²) in [5.41, 5.74) is 9.46. The van der Waals surface area contributed by atoms with Gasteiger partial charge in [-0.15, -0.1) is 11.8 Å². The third kappa shape index (κ3) is 9.63. The largest absolute Gasteiger partial charge is 0.493 e. The van der Waals surface area contributed by atoms with E-state index in [1.54, 1.807) is 33.5 Å². The molecule has 0 bridgehead atoms. The van der Waals surface area contributed by atoms with Crippen molar-refractivity contribution in [3.05, 3.63) is 140 Å². The fourth-order valence-corrected chi connectivity index (χ4v) is 8.28. The summed E-state index contributed by atoms with van der Waals surface area (Å²) in [7, 11) is 4.79. The highest BCUT2D eigenvalue weighted by molar-refractivity contribution is 7.98. The molecule has 3 aromatic carbocycles. The molecule has 1 amide bonds. The first-order valence-corrected chi connectivity index (χ1v) is 19.3. The monoisotopic (exact) mass is 731 g/mol. The summed E-state index contributed by atoms with van der Waals surface area (Å²) in [4.78, 5) is 28.1. The van der Waals surface area contributed by atoms with Gasteiger partial charge in [-0.25, -0.2) is 0 Å². The number of carbonyl (C=O) groups excluding carboxylic acids is 1. The van der Waals surface area contributed by atoms with E-state index in [4.69, 9.17) is 14.2 Å². The quantitative estimate of drug-likeness (QED) is 0.114. The lowest BCUT2D eigenvalue weighted by atomic mass is 9.72. The first-order valence-electron chi connectivity index (χ1n) is 18.3. The molecule has 5 rings (SSSR count). The second kappa shape index (κ2) is 17.8.